The van der Waals surface area contributed by atoms with Crippen molar-refractivity contribution in [2.45, 2.75) is 25.6 Å². The van der Waals surface area contributed by atoms with Crippen molar-refractivity contribution in [3.05, 3.63) is 129 Å². The van der Waals surface area contributed by atoms with Gasteiger partial charge < -0.3 is 9.47 Å². The van der Waals surface area contributed by atoms with Gasteiger partial charge in [0.1, 0.15) is 11.5 Å². The minimum absolute atomic E-state index is 0.0890. The number of nitrogens with zero attached hydrogens (tertiary/aromatic N) is 2. The van der Waals surface area contributed by atoms with E-state index in [0.29, 0.717) is 11.3 Å². The molecule has 0 bridgehead atoms. The molecule has 6 rings (SSSR count). The lowest BCUT2D eigenvalue weighted by Crippen LogP contribution is -2.33. The van der Waals surface area contributed by atoms with Crippen LogP contribution in [0.3, 0.4) is 0 Å². The largest absolute Gasteiger partial charge is 0.464 e. The van der Waals surface area contributed by atoms with Gasteiger partial charge in [0.25, 0.3) is 0 Å². The Labute approximate surface area is 218 Å². The van der Waals surface area contributed by atoms with Gasteiger partial charge in [-0.25, -0.2) is 9.80 Å². The van der Waals surface area contributed by atoms with Gasteiger partial charge in [0.15, 0.2) is 0 Å². The van der Waals surface area contributed by atoms with Crippen molar-refractivity contribution in [2.75, 3.05) is 0 Å². The normalized spacial score (nSPS) is 18.1. The highest BCUT2D eigenvalue weighted by atomic mass is 79.9. The molecule has 2 atom stereocenters. The second-order valence-corrected chi connectivity index (χ2v) is 9.90. The highest BCUT2D eigenvalue weighted by Crippen LogP contribution is 2.47. The first-order chi connectivity index (χ1) is 17.5. The number of rotatable bonds is 4. The summed E-state index contributed by atoms with van der Waals surface area (Å²) in [5.74, 6) is 0.949. The maximum Gasteiger partial charge on any atom is 0.343 e. The molecule has 0 aliphatic carbocycles. The Hall–Kier alpha value is -3.90. The molecule has 36 heavy (non-hydrogen) atoms. The van der Waals surface area contributed by atoms with E-state index in [2.05, 4.69) is 58.2 Å². The summed E-state index contributed by atoms with van der Waals surface area (Å²) in [6, 6.07) is 31.3. The first-order valence-corrected chi connectivity index (χ1v) is 12.6. The molecule has 0 radical (unpaired) electrons. The fourth-order valence-electron chi connectivity index (χ4n) is 4.63. The van der Waals surface area contributed by atoms with E-state index < -0.39 is 5.97 Å². The summed E-state index contributed by atoms with van der Waals surface area (Å²) in [7, 11) is 0. The van der Waals surface area contributed by atoms with Gasteiger partial charge in [0, 0.05) is 22.0 Å². The van der Waals surface area contributed by atoms with Crippen molar-refractivity contribution in [3.8, 4) is 11.5 Å². The van der Waals surface area contributed by atoms with Gasteiger partial charge in [-0.15, -0.1) is 0 Å². The maximum atomic E-state index is 12.5. The molecule has 0 amide bonds. The van der Waals surface area contributed by atoms with Gasteiger partial charge in [-0.3, -0.25) is 0 Å². The minimum atomic E-state index is -0.398. The summed E-state index contributed by atoms with van der Waals surface area (Å²) in [5, 5.41) is 7.08. The first-order valence-electron chi connectivity index (χ1n) is 11.8. The first kappa shape index (κ1) is 22.6. The molecule has 0 N–H and O–H groups in total. The number of benzene rings is 4. The van der Waals surface area contributed by atoms with E-state index >= 15 is 0 Å². The standard InChI is InChI=1S/C30H23BrN2O3/c1-19-6-8-20(9-7-19)26-18-27-25-4-2-3-5-28(25)36-29(33(27)32-26)21-12-16-24(17-13-21)35-30(34)22-10-14-23(31)15-11-22/h2-17,27,29H,18H2,1H3/t27-,29-/m0/s1. The number of aryl methyl sites for hydroxylation is 1. The molecule has 4 aromatic carbocycles. The zero-order chi connectivity index (χ0) is 24.6. The molecule has 2 aliphatic heterocycles. The van der Waals surface area contributed by atoms with E-state index in [-0.39, 0.29) is 12.3 Å². The summed E-state index contributed by atoms with van der Waals surface area (Å²) in [5.41, 5.74) is 5.97. The van der Waals surface area contributed by atoms with E-state index in [9.17, 15) is 4.79 Å². The zero-order valence-corrected chi connectivity index (χ0v) is 21.2. The summed E-state index contributed by atoms with van der Waals surface area (Å²) in [6.45, 7) is 2.09. The lowest BCUT2D eigenvalue weighted by molar-refractivity contribution is -0.0190. The second kappa shape index (κ2) is 9.28. The van der Waals surface area contributed by atoms with Crippen molar-refractivity contribution in [1.82, 2.24) is 5.01 Å². The third kappa shape index (κ3) is 4.29. The van der Waals surface area contributed by atoms with Crippen molar-refractivity contribution in [2.24, 2.45) is 5.10 Å². The summed E-state index contributed by atoms with van der Waals surface area (Å²) >= 11 is 3.38. The quantitative estimate of drug-likeness (QED) is 0.203. The molecule has 6 heteroatoms. The number of carbonyl (C=O) groups is 1. The predicted octanol–water partition coefficient (Wildman–Crippen LogP) is 7.22. The fourth-order valence-corrected chi connectivity index (χ4v) is 4.89. The van der Waals surface area contributed by atoms with Crippen LogP contribution in [-0.2, 0) is 0 Å². The smallest absolute Gasteiger partial charge is 0.343 e. The Balaban J connectivity index is 1.28. The van der Waals surface area contributed by atoms with Gasteiger partial charge in [0.2, 0.25) is 6.23 Å². The van der Waals surface area contributed by atoms with Crippen LogP contribution < -0.4 is 9.47 Å². The average Bonchev–Trinajstić information content (AvgIpc) is 3.35. The number of carbonyl (C=O) groups excluding carboxylic acids is 1. The lowest BCUT2D eigenvalue weighted by atomic mass is 9.95. The van der Waals surface area contributed by atoms with Crippen molar-refractivity contribution >= 4 is 27.6 Å². The lowest BCUT2D eigenvalue weighted by Gasteiger charge is -2.38. The Morgan fingerprint density at radius 1 is 0.944 bits per heavy atom. The fraction of sp³-hybridized carbons (Fsp3) is 0.133. The molecule has 0 fully saturated rings. The van der Waals surface area contributed by atoms with Gasteiger partial charge >= 0.3 is 5.97 Å². The van der Waals surface area contributed by atoms with Crippen LogP contribution in [0.4, 0.5) is 0 Å². The van der Waals surface area contributed by atoms with Gasteiger partial charge in [-0.2, -0.15) is 5.10 Å². The predicted molar refractivity (Wildman–Crippen MR) is 142 cm³/mol. The topological polar surface area (TPSA) is 51.1 Å². The molecule has 2 heterocycles. The van der Waals surface area contributed by atoms with Crippen LogP contribution in [0.25, 0.3) is 0 Å². The maximum absolute atomic E-state index is 12.5. The van der Waals surface area contributed by atoms with Crippen LogP contribution in [0.5, 0.6) is 11.5 Å². The number of hydrogen-bond acceptors (Lipinski definition) is 5. The van der Waals surface area contributed by atoms with Crippen LogP contribution in [0.2, 0.25) is 0 Å². The molecular weight excluding hydrogens is 516 g/mol. The summed E-state index contributed by atoms with van der Waals surface area (Å²) in [4.78, 5) is 12.5. The van der Waals surface area contributed by atoms with E-state index in [1.807, 2.05) is 42.5 Å². The molecular formula is C30H23BrN2O3. The Morgan fingerprint density at radius 2 is 1.67 bits per heavy atom. The Morgan fingerprint density at radius 3 is 2.42 bits per heavy atom. The van der Waals surface area contributed by atoms with Crippen molar-refractivity contribution < 1.29 is 14.3 Å². The number of hydrogen-bond donors (Lipinski definition) is 0. The van der Waals surface area contributed by atoms with Gasteiger partial charge in [0.05, 0.1) is 17.3 Å². The number of hydrazone groups is 1. The third-order valence-corrected chi connectivity index (χ3v) is 7.07. The summed E-state index contributed by atoms with van der Waals surface area (Å²) < 4.78 is 12.9. The van der Waals surface area contributed by atoms with Gasteiger partial charge in [-0.05, 0) is 67.1 Å². The van der Waals surface area contributed by atoms with Gasteiger partial charge in [-0.1, -0.05) is 64.0 Å². The number of halogens is 1. The number of esters is 1. The SMILES string of the molecule is Cc1ccc(C2=NN3[C@@H](C2)c2ccccc2O[C@H]3c2ccc(OC(=O)c3ccc(Br)cc3)cc2)cc1. The average molecular weight is 539 g/mol. The minimum Gasteiger partial charge on any atom is -0.464 e. The van der Waals surface area contributed by atoms with Crippen molar-refractivity contribution in [3.63, 3.8) is 0 Å². The Bertz CT molecular complexity index is 1450. The molecule has 2 aliphatic rings. The van der Waals surface area contributed by atoms with E-state index in [1.54, 1.807) is 24.3 Å². The van der Waals surface area contributed by atoms with Crippen LogP contribution in [0.15, 0.2) is 107 Å². The van der Waals surface area contributed by atoms with E-state index in [1.165, 1.54) is 5.56 Å². The molecule has 0 aromatic heterocycles. The Kier molecular flexibility index (Phi) is 5.82. The number of ether oxygens (including phenoxy) is 2. The molecule has 178 valence electrons. The molecule has 5 nitrogen and oxygen atoms in total. The highest BCUT2D eigenvalue weighted by Gasteiger charge is 2.40. The van der Waals surface area contributed by atoms with E-state index in [4.69, 9.17) is 14.6 Å². The highest BCUT2D eigenvalue weighted by molar-refractivity contribution is 9.10. The van der Waals surface area contributed by atoms with Crippen LogP contribution in [-0.4, -0.2) is 16.7 Å². The van der Waals surface area contributed by atoms with Crippen molar-refractivity contribution in [1.29, 1.82) is 0 Å². The van der Waals surface area contributed by atoms with E-state index in [0.717, 1.165) is 39.0 Å². The zero-order valence-electron chi connectivity index (χ0n) is 19.6. The molecule has 0 spiro atoms. The number of para-hydroxylation sites is 1. The molecule has 0 saturated heterocycles. The summed E-state index contributed by atoms with van der Waals surface area (Å²) in [6.07, 6.45) is 0.423. The molecule has 0 saturated carbocycles. The van der Waals surface area contributed by atoms with Crippen LogP contribution >= 0.6 is 15.9 Å². The van der Waals surface area contributed by atoms with Crippen LogP contribution in [0.1, 0.15) is 51.3 Å². The van der Waals surface area contributed by atoms with Crippen LogP contribution in [0, 0.1) is 6.92 Å². The number of fused-ring (bicyclic) bond motifs is 3. The monoisotopic (exact) mass is 538 g/mol. The third-order valence-electron chi connectivity index (χ3n) is 6.54. The molecule has 4 aromatic rings. The molecule has 0 unspecified atom stereocenters. The second-order valence-electron chi connectivity index (χ2n) is 8.99.